The number of anilines is 1. The number of carbonyl (C=O) groups is 1. The van der Waals surface area contributed by atoms with E-state index >= 15 is 0 Å². The van der Waals surface area contributed by atoms with Crippen LogP contribution in [0.3, 0.4) is 0 Å². The van der Waals surface area contributed by atoms with Gasteiger partial charge in [-0.25, -0.2) is 0 Å². The second-order valence-electron chi connectivity index (χ2n) is 12.4. The van der Waals surface area contributed by atoms with Gasteiger partial charge in [0.2, 0.25) is 0 Å². The van der Waals surface area contributed by atoms with E-state index in [2.05, 4.69) is 29.3 Å². The van der Waals surface area contributed by atoms with Crippen molar-refractivity contribution in [3.05, 3.63) is 54.1 Å². The van der Waals surface area contributed by atoms with Crippen LogP contribution in [0.5, 0.6) is 11.5 Å². The Hall–Kier alpha value is -2.85. The Morgan fingerprint density at radius 1 is 0.978 bits per heavy atom. The van der Waals surface area contributed by atoms with E-state index in [1.807, 2.05) is 36.4 Å². The van der Waals surface area contributed by atoms with Gasteiger partial charge >= 0.3 is 5.97 Å². The number of nitrogens with zero attached hydrogens (tertiary/aromatic N) is 1. The molecule has 9 heteroatoms. The van der Waals surface area contributed by atoms with Crippen molar-refractivity contribution >= 4 is 11.7 Å². The maximum atomic E-state index is 12.8. The smallest absolute Gasteiger partial charge is 0.306 e. The van der Waals surface area contributed by atoms with Crippen LogP contribution in [-0.2, 0) is 30.3 Å². The highest BCUT2D eigenvalue weighted by atomic mass is 16.6. The van der Waals surface area contributed by atoms with E-state index in [9.17, 15) is 4.79 Å². The van der Waals surface area contributed by atoms with Crippen molar-refractivity contribution in [1.82, 2.24) is 5.32 Å². The lowest BCUT2D eigenvalue weighted by atomic mass is 9.93. The first-order chi connectivity index (χ1) is 22.1. The third-order valence-corrected chi connectivity index (χ3v) is 8.93. The summed E-state index contributed by atoms with van der Waals surface area (Å²) in [6.45, 7) is 6.95. The number of para-hydroxylation sites is 1. The summed E-state index contributed by atoms with van der Waals surface area (Å²) in [5.74, 6) is 1.66. The molecule has 3 atom stereocenters. The van der Waals surface area contributed by atoms with Crippen LogP contribution in [0.25, 0.3) is 0 Å². The van der Waals surface area contributed by atoms with Crippen molar-refractivity contribution in [2.24, 2.45) is 0 Å². The summed E-state index contributed by atoms with van der Waals surface area (Å²) in [5, 5.41) is 3.44. The first-order valence-electron chi connectivity index (χ1n) is 17.0. The fourth-order valence-electron chi connectivity index (χ4n) is 6.47. The van der Waals surface area contributed by atoms with Gasteiger partial charge in [-0.1, -0.05) is 44.0 Å². The molecule has 1 saturated heterocycles. The first kappa shape index (κ1) is 33.5. The molecule has 3 unspecified atom stereocenters. The third kappa shape index (κ3) is 10.1. The third-order valence-electron chi connectivity index (χ3n) is 8.93. The van der Waals surface area contributed by atoms with E-state index in [0.29, 0.717) is 32.7 Å². The molecule has 2 aromatic rings. The van der Waals surface area contributed by atoms with Gasteiger partial charge < -0.3 is 38.6 Å². The molecule has 9 nitrogen and oxygen atoms in total. The van der Waals surface area contributed by atoms with Gasteiger partial charge in [0.25, 0.3) is 0 Å². The summed E-state index contributed by atoms with van der Waals surface area (Å²) in [6.07, 6.45) is 7.23. The predicted octanol–water partition coefficient (Wildman–Crippen LogP) is 5.68. The highest BCUT2D eigenvalue weighted by Crippen LogP contribution is 2.34. The molecule has 0 spiro atoms. The van der Waals surface area contributed by atoms with Gasteiger partial charge in [-0.05, 0) is 68.4 Å². The number of hydrogen-bond donors (Lipinski definition) is 1. The molecule has 1 saturated carbocycles. The van der Waals surface area contributed by atoms with Crippen LogP contribution in [0.2, 0.25) is 0 Å². The van der Waals surface area contributed by atoms with E-state index in [1.54, 1.807) is 7.11 Å². The summed E-state index contributed by atoms with van der Waals surface area (Å²) < 4.78 is 36.8. The minimum atomic E-state index is -0.399. The largest absolute Gasteiger partial charge is 0.490 e. The van der Waals surface area contributed by atoms with E-state index in [4.69, 9.17) is 28.4 Å². The Labute approximate surface area is 268 Å². The van der Waals surface area contributed by atoms with Crippen molar-refractivity contribution in [2.75, 3.05) is 51.4 Å². The summed E-state index contributed by atoms with van der Waals surface area (Å²) >= 11 is 0. The second-order valence-corrected chi connectivity index (χ2v) is 12.4. The zero-order chi connectivity index (χ0) is 31.3. The number of nitrogens with one attached hydrogen (secondary N) is 1. The maximum Gasteiger partial charge on any atom is 0.306 e. The van der Waals surface area contributed by atoms with Crippen molar-refractivity contribution < 1.29 is 33.2 Å². The molecule has 5 rings (SSSR count). The van der Waals surface area contributed by atoms with Gasteiger partial charge in [0, 0.05) is 39.8 Å². The minimum absolute atomic E-state index is 0.0673. The molecule has 0 radical (unpaired) electrons. The minimum Gasteiger partial charge on any atom is -0.490 e. The zero-order valence-electron chi connectivity index (χ0n) is 27.1. The molecule has 248 valence electrons. The van der Waals surface area contributed by atoms with E-state index in [-0.39, 0.29) is 30.4 Å². The number of ether oxygens (including phenoxy) is 6. The van der Waals surface area contributed by atoms with Crippen LogP contribution in [0.4, 0.5) is 5.69 Å². The van der Waals surface area contributed by atoms with Crippen LogP contribution in [0, 0.1) is 0 Å². The Kier molecular flexibility index (Phi) is 13.2. The fourth-order valence-corrected chi connectivity index (χ4v) is 6.47. The fraction of sp³-hybridized carbons (Fsp3) is 0.639. The van der Waals surface area contributed by atoms with Gasteiger partial charge in [-0.15, -0.1) is 0 Å². The van der Waals surface area contributed by atoms with Crippen molar-refractivity contribution in [2.45, 2.75) is 102 Å². The molecule has 0 amide bonds. The number of hydrogen-bond acceptors (Lipinski definition) is 9. The molecule has 0 aromatic heterocycles. The number of esters is 1. The molecule has 1 N–H and O–H groups in total. The molecule has 0 bridgehead atoms. The Bertz CT molecular complexity index is 1160. The molecule has 2 aromatic carbocycles. The summed E-state index contributed by atoms with van der Waals surface area (Å²) in [4.78, 5) is 15.2. The lowest BCUT2D eigenvalue weighted by molar-refractivity contribution is -0.189. The number of piperidine rings is 1. The number of rotatable bonds is 16. The van der Waals surface area contributed by atoms with Gasteiger partial charge in [0.15, 0.2) is 0 Å². The van der Waals surface area contributed by atoms with Gasteiger partial charge in [0.1, 0.15) is 36.4 Å². The topological polar surface area (TPSA) is 87.7 Å². The van der Waals surface area contributed by atoms with Crippen LogP contribution in [0.1, 0.15) is 70.3 Å². The van der Waals surface area contributed by atoms with Crippen LogP contribution in [-0.4, -0.2) is 83.0 Å². The highest BCUT2D eigenvalue weighted by Gasteiger charge is 2.40. The number of methoxy groups -OCH3 is 1. The maximum absolute atomic E-state index is 12.8. The van der Waals surface area contributed by atoms with Gasteiger partial charge in [-0.2, -0.15) is 0 Å². The van der Waals surface area contributed by atoms with Crippen LogP contribution < -0.4 is 19.7 Å². The molecule has 45 heavy (non-hydrogen) atoms. The molecular formula is C36H52N2O7. The number of benzene rings is 2. The summed E-state index contributed by atoms with van der Waals surface area (Å²) in [6, 6.07) is 16.3. The van der Waals surface area contributed by atoms with Gasteiger partial charge in [0.05, 0.1) is 31.0 Å². The Morgan fingerprint density at radius 3 is 2.58 bits per heavy atom. The molecule has 1 aliphatic carbocycles. The summed E-state index contributed by atoms with van der Waals surface area (Å²) in [5.41, 5.74) is 2.17. The molecule has 2 heterocycles. The normalized spacial score (nSPS) is 24.8. The standard InChI is InChI=1S/C36H52N2O7/c1-3-4-6-12-35(39)45-34-25-37-24-33(36(34)44-30-16-14-29(15-17-30)43-28-10-7-5-8-11-28)42-26-27-13-18-32-31(23-27)38(20-22-41-32)19-9-21-40-2/h5,7-8,10-11,13,18,23,29-30,33-34,36-37H,3-4,6,9,12,14-17,19-22,24-26H2,1-2H3. The Balaban J connectivity index is 1.22. The number of carbonyl (C=O) groups excluding carboxylic acids is 1. The average Bonchev–Trinajstić information content (AvgIpc) is 3.06. The average molecular weight is 625 g/mol. The molecule has 2 aliphatic heterocycles. The van der Waals surface area contributed by atoms with E-state index in [1.165, 1.54) is 0 Å². The molecule has 3 aliphatic rings. The number of fused-ring (bicyclic) bond motifs is 1. The zero-order valence-corrected chi connectivity index (χ0v) is 27.1. The Morgan fingerprint density at radius 2 is 1.78 bits per heavy atom. The van der Waals surface area contributed by atoms with Crippen molar-refractivity contribution in [3.63, 3.8) is 0 Å². The van der Waals surface area contributed by atoms with Crippen LogP contribution in [0.15, 0.2) is 48.5 Å². The second kappa shape index (κ2) is 17.7. The first-order valence-corrected chi connectivity index (χ1v) is 17.0. The van der Waals surface area contributed by atoms with Crippen molar-refractivity contribution in [3.8, 4) is 11.5 Å². The number of unbranched alkanes of at least 4 members (excludes halogenated alkanes) is 2. The van der Waals surface area contributed by atoms with E-state index in [0.717, 1.165) is 93.8 Å². The monoisotopic (exact) mass is 624 g/mol. The SMILES string of the molecule is CCCCCC(=O)OC1CNCC(OCc2ccc3c(c2)N(CCCOC)CCO3)C1OC1CCC(Oc2ccccc2)CC1. The summed E-state index contributed by atoms with van der Waals surface area (Å²) in [7, 11) is 1.74. The molecular weight excluding hydrogens is 572 g/mol. The van der Waals surface area contributed by atoms with Gasteiger partial charge in [-0.3, -0.25) is 4.79 Å². The lowest BCUT2D eigenvalue weighted by Crippen LogP contribution is -2.58. The molecule has 2 fully saturated rings. The van der Waals surface area contributed by atoms with E-state index < -0.39 is 6.10 Å². The van der Waals surface area contributed by atoms with Crippen LogP contribution >= 0.6 is 0 Å². The predicted molar refractivity (Wildman–Crippen MR) is 174 cm³/mol. The lowest BCUT2D eigenvalue weighted by Gasteiger charge is -2.41. The quantitative estimate of drug-likeness (QED) is 0.187. The van der Waals surface area contributed by atoms with Crippen molar-refractivity contribution in [1.29, 1.82) is 0 Å². The highest BCUT2D eigenvalue weighted by molar-refractivity contribution is 5.69.